The molecule has 0 unspecified atom stereocenters. The minimum Gasteiger partial charge on any atom is -0.435 e. The molecule has 0 spiro atoms. The molecule has 1 fully saturated rings. The third-order valence-electron chi connectivity index (χ3n) is 5.76. The van der Waals surface area contributed by atoms with Crippen LogP contribution in [0.2, 0.25) is 0 Å². The van der Waals surface area contributed by atoms with E-state index in [0.29, 0.717) is 55.2 Å². The van der Waals surface area contributed by atoms with Crippen LogP contribution in [0.5, 0.6) is 5.75 Å². The molecule has 0 aliphatic carbocycles. The van der Waals surface area contributed by atoms with Gasteiger partial charge in [0.05, 0.1) is 0 Å². The second kappa shape index (κ2) is 10.1. The predicted molar refractivity (Wildman–Crippen MR) is 125 cm³/mol. The van der Waals surface area contributed by atoms with Crippen molar-refractivity contribution in [3.63, 3.8) is 0 Å². The van der Waals surface area contributed by atoms with Crippen LogP contribution in [0.3, 0.4) is 0 Å². The number of rotatable bonds is 7. The van der Waals surface area contributed by atoms with Crippen molar-refractivity contribution in [2.24, 2.45) is 0 Å². The lowest BCUT2D eigenvalue weighted by Crippen LogP contribution is -2.50. The molecular formula is C24H23F2N7O3. The SMILES string of the molecule is Cc1nc(N2CCN(C(=O)Cn3nc(-c4ccc(OC(F)F)cc4)nc3-c3ccccc3)CC2)no1. The zero-order valence-corrected chi connectivity index (χ0v) is 19.4. The van der Waals surface area contributed by atoms with E-state index in [1.165, 1.54) is 12.1 Å². The maximum absolute atomic E-state index is 13.2. The van der Waals surface area contributed by atoms with Gasteiger partial charge in [-0.1, -0.05) is 30.3 Å². The van der Waals surface area contributed by atoms with Crippen LogP contribution in [0.1, 0.15) is 5.89 Å². The summed E-state index contributed by atoms with van der Waals surface area (Å²) in [5.74, 6) is 1.89. The molecular weight excluding hydrogens is 472 g/mol. The van der Waals surface area contributed by atoms with E-state index in [2.05, 4.69) is 25.0 Å². The molecule has 0 saturated carbocycles. The summed E-state index contributed by atoms with van der Waals surface area (Å²) < 4.78 is 36.0. The molecule has 10 nitrogen and oxygen atoms in total. The lowest BCUT2D eigenvalue weighted by Gasteiger charge is -2.33. The first kappa shape index (κ1) is 23.4. The van der Waals surface area contributed by atoms with Crippen molar-refractivity contribution in [2.45, 2.75) is 20.1 Å². The first-order chi connectivity index (χ1) is 17.5. The molecule has 1 aliphatic heterocycles. The highest BCUT2D eigenvalue weighted by Crippen LogP contribution is 2.25. The summed E-state index contributed by atoms with van der Waals surface area (Å²) in [7, 11) is 0. The number of ether oxygens (including phenoxy) is 1. The van der Waals surface area contributed by atoms with Gasteiger partial charge in [0.15, 0.2) is 11.6 Å². The van der Waals surface area contributed by atoms with E-state index in [4.69, 9.17) is 4.52 Å². The second-order valence-corrected chi connectivity index (χ2v) is 8.17. The second-order valence-electron chi connectivity index (χ2n) is 8.17. The quantitative estimate of drug-likeness (QED) is 0.385. The van der Waals surface area contributed by atoms with Gasteiger partial charge in [-0.15, -0.1) is 5.10 Å². The van der Waals surface area contributed by atoms with Crippen LogP contribution in [-0.2, 0) is 11.3 Å². The molecule has 5 rings (SSSR count). The van der Waals surface area contributed by atoms with Crippen molar-refractivity contribution in [3.05, 3.63) is 60.5 Å². The first-order valence-electron chi connectivity index (χ1n) is 11.3. The van der Waals surface area contributed by atoms with E-state index < -0.39 is 6.61 Å². The number of anilines is 1. The number of alkyl halides is 2. The summed E-state index contributed by atoms with van der Waals surface area (Å²) in [6, 6.07) is 15.5. The Morgan fingerprint density at radius 1 is 1.00 bits per heavy atom. The van der Waals surface area contributed by atoms with Gasteiger partial charge in [0.1, 0.15) is 12.3 Å². The largest absolute Gasteiger partial charge is 0.435 e. The van der Waals surface area contributed by atoms with Crippen molar-refractivity contribution < 1.29 is 22.8 Å². The molecule has 1 amide bonds. The van der Waals surface area contributed by atoms with Crippen LogP contribution in [0.4, 0.5) is 14.7 Å². The minimum atomic E-state index is -2.90. The van der Waals surface area contributed by atoms with Crippen LogP contribution >= 0.6 is 0 Å². The number of piperazine rings is 1. The van der Waals surface area contributed by atoms with Gasteiger partial charge in [0.25, 0.3) is 5.95 Å². The number of benzene rings is 2. The minimum absolute atomic E-state index is 0.00508. The Bertz CT molecular complexity index is 1320. The Balaban J connectivity index is 1.33. The first-order valence-corrected chi connectivity index (χ1v) is 11.3. The van der Waals surface area contributed by atoms with Gasteiger partial charge in [-0.25, -0.2) is 9.67 Å². The van der Waals surface area contributed by atoms with Gasteiger partial charge < -0.3 is 19.1 Å². The fourth-order valence-electron chi connectivity index (χ4n) is 3.96. The number of carbonyl (C=O) groups is 1. The number of hydrogen-bond acceptors (Lipinski definition) is 8. The average Bonchev–Trinajstić information content (AvgIpc) is 3.51. The van der Waals surface area contributed by atoms with E-state index in [-0.39, 0.29) is 18.2 Å². The number of carbonyl (C=O) groups excluding carboxylic acids is 1. The number of aryl methyl sites for hydroxylation is 1. The molecule has 1 aliphatic rings. The molecule has 0 N–H and O–H groups in total. The third-order valence-corrected chi connectivity index (χ3v) is 5.76. The summed E-state index contributed by atoms with van der Waals surface area (Å²) in [6.07, 6.45) is 0. The Hall–Kier alpha value is -4.35. The Morgan fingerprint density at radius 2 is 1.72 bits per heavy atom. The highest BCUT2D eigenvalue weighted by Gasteiger charge is 2.25. The van der Waals surface area contributed by atoms with E-state index in [9.17, 15) is 13.6 Å². The van der Waals surface area contributed by atoms with E-state index in [0.717, 1.165) is 5.56 Å². The Labute approximate surface area is 205 Å². The van der Waals surface area contributed by atoms with E-state index in [1.54, 1.807) is 28.6 Å². The van der Waals surface area contributed by atoms with Gasteiger partial charge in [0.2, 0.25) is 11.8 Å². The van der Waals surface area contributed by atoms with Crippen LogP contribution in [0.25, 0.3) is 22.8 Å². The average molecular weight is 495 g/mol. The van der Waals surface area contributed by atoms with Gasteiger partial charge >= 0.3 is 6.61 Å². The van der Waals surface area contributed by atoms with Crippen molar-refractivity contribution in [1.29, 1.82) is 0 Å². The molecule has 0 bridgehead atoms. The van der Waals surface area contributed by atoms with Gasteiger partial charge in [-0.3, -0.25) is 4.79 Å². The topological polar surface area (TPSA) is 102 Å². The molecule has 4 aromatic rings. The molecule has 2 aromatic heterocycles. The smallest absolute Gasteiger partial charge is 0.387 e. The number of halogens is 2. The van der Waals surface area contributed by atoms with Gasteiger partial charge in [-0.05, 0) is 29.4 Å². The van der Waals surface area contributed by atoms with Crippen molar-refractivity contribution in [2.75, 3.05) is 31.1 Å². The summed E-state index contributed by atoms with van der Waals surface area (Å²) in [6.45, 7) is 1.05. The number of hydrogen-bond donors (Lipinski definition) is 0. The predicted octanol–water partition coefficient (Wildman–Crippen LogP) is 3.25. The zero-order chi connectivity index (χ0) is 25.1. The number of nitrogens with zero attached hydrogens (tertiary/aromatic N) is 7. The van der Waals surface area contributed by atoms with Crippen LogP contribution in [0, 0.1) is 6.92 Å². The molecule has 0 atom stereocenters. The molecule has 36 heavy (non-hydrogen) atoms. The molecule has 3 heterocycles. The maximum atomic E-state index is 13.2. The molecule has 2 aromatic carbocycles. The maximum Gasteiger partial charge on any atom is 0.387 e. The Morgan fingerprint density at radius 3 is 2.36 bits per heavy atom. The number of amides is 1. The molecule has 0 radical (unpaired) electrons. The number of aromatic nitrogens is 5. The molecule has 1 saturated heterocycles. The fraction of sp³-hybridized carbons (Fsp3) is 0.292. The summed E-state index contributed by atoms with van der Waals surface area (Å²) in [5, 5.41) is 8.52. The van der Waals surface area contributed by atoms with Gasteiger partial charge in [0, 0.05) is 44.2 Å². The Kier molecular flexibility index (Phi) is 6.56. The normalized spacial score (nSPS) is 13.9. The molecule has 12 heteroatoms. The highest BCUT2D eigenvalue weighted by atomic mass is 19.3. The third kappa shape index (κ3) is 5.16. The van der Waals surface area contributed by atoms with Crippen LogP contribution in [0.15, 0.2) is 59.1 Å². The molecule has 186 valence electrons. The standard InChI is InChI=1S/C24H23F2N7O3/c1-16-27-24(30-36-16)32-13-11-31(12-14-32)20(34)15-33-22(18-5-3-2-4-6-18)28-21(29-33)17-7-9-19(10-8-17)35-23(25)26/h2-10,23H,11-15H2,1H3. The summed E-state index contributed by atoms with van der Waals surface area (Å²) in [5.41, 5.74) is 1.42. The summed E-state index contributed by atoms with van der Waals surface area (Å²) >= 11 is 0. The van der Waals surface area contributed by atoms with Crippen LogP contribution < -0.4 is 9.64 Å². The monoisotopic (exact) mass is 495 g/mol. The highest BCUT2D eigenvalue weighted by molar-refractivity contribution is 5.77. The lowest BCUT2D eigenvalue weighted by atomic mass is 10.2. The van der Waals surface area contributed by atoms with E-state index >= 15 is 0 Å². The summed E-state index contributed by atoms with van der Waals surface area (Å²) in [4.78, 5) is 25.8. The van der Waals surface area contributed by atoms with E-state index in [1.807, 2.05) is 35.2 Å². The van der Waals surface area contributed by atoms with Crippen molar-refractivity contribution in [3.8, 4) is 28.5 Å². The fourth-order valence-corrected chi connectivity index (χ4v) is 3.96. The van der Waals surface area contributed by atoms with Gasteiger partial charge in [-0.2, -0.15) is 13.8 Å². The van der Waals surface area contributed by atoms with Crippen molar-refractivity contribution >= 4 is 11.9 Å². The van der Waals surface area contributed by atoms with Crippen molar-refractivity contribution in [1.82, 2.24) is 29.8 Å². The zero-order valence-electron chi connectivity index (χ0n) is 19.4. The van der Waals surface area contributed by atoms with Crippen LogP contribution in [-0.4, -0.2) is 68.5 Å². The lowest BCUT2D eigenvalue weighted by molar-refractivity contribution is -0.132.